The number of hydrogen-bond acceptors (Lipinski definition) is 1. The van der Waals surface area contributed by atoms with Gasteiger partial charge in [-0.2, -0.15) is 0 Å². The van der Waals surface area contributed by atoms with E-state index in [0.29, 0.717) is 6.61 Å². The van der Waals surface area contributed by atoms with Gasteiger partial charge < -0.3 is 4.74 Å². The van der Waals surface area contributed by atoms with Crippen LogP contribution in [0.15, 0.2) is 103 Å². The molecule has 0 amide bonds. The van der Waals surface area contributed by atoms with Gasteiger partial charge in [-0.15, -0.1) is 0 Å². The van der Waals surface area contributed by atoms with Crippen LogP contribution >= 0.6 is 0 Å². The Morgan fingerprint density at radius 1 is 0.556 bits per heavy atom. The maximum absolute atomic E-state index is 6.90. The molecule has 3 aromatic carbocycles. The fourth-order valence-corrected chi connectivity index (χ4v) is 5.09. The van der Waals surface area contributed by atoms with Crippen molar-refractivity contribution < 1.29 is 4.74 Å². The molecular formula is C35H46O. The Morgan fingerprint density at radius 3 is 1.31 bits per heavy atom. The number of benzene rings is 3. The average Bonchev–Trinajstić information content (AvgIpc) is 2.94. The molecule has 1 nitrogen and oxygen atoms in total. The summed E-state index contributed by atoms with van der Waals surface area (Å²) in [5, 5.41) is 0. The predicted molar refractivity (Wildman–Crippen MR) is 155 cm³/mol. The number of hydrogen-bond donors (Lipinski definition) is 0. The van der Waals surface area contributed by atoms with Crippen LogP contribution in [0.5, 0.6) is 0 Å². The molecule has 0 N–H and O–H groups in total. The van der Waals surface area contributed by atoms with Gasteiger partial charge in [0.1, 0.15) is 5.60 Å². The van der Waals surface area contributed by atoms with E-state index in [0.717, 1.165) is 23.1 Å². The Labute approximate surface area is 220 Å². The molecule has 36 heavy (non-hydrogen) atoms. The molecule has 0 heterocycles. The second kappa shape index (κ2) is 16.2. The summed E-state index contributed by atoms with van der Waals surface area (Å²) in [5.74, 6) is 0. The quantitative estimate of drug-likeness (QED) is 0.0995. The minimum atomic E-state index is -0.663. The average molecular weight is 483 g/mol. The van der Waals surface area contributed by atoms with Gasteiger partial charge in [-0.1, -0.05) is 174 Å². The lowest BCUT2D eigenvalue weighted by molar-refractivity contribution is 0.0268. The second-order valence-corrected chi connectivity index (χ2v) is 10.1. The van der Waals surface area contributed by atoms with Crippen molar-refractivity contribution in [3.63, 3.8) is 0 Å². The molecule has 0 aromatic heterocycles. The summed E-state index contributed by atoms with van der Waals surface area (Å²) in [5.41, 5.74) is 3.95. The first kappa shape index (κ1) is 27.9. The molecule has 0 spiro atoms. The van der Waals surface area contributed by atoms with Gasteiger partial charge in [0.25, 0.3) is 0 Å². The van der Waals surface area contributed by atoms with E-state index in [9.17, 15) is 0 Å². The Hall–Kier alpha value is -2.64. The highest BCUT2D eigenvalue weighted by Gasteiger charge is 2.37. The first-order valence-corrected chi connectivity index (χ1v) is 14.2. The van der Waals surface area contributed by atoms with Crippen LogP contribution in [0.25, 0.3) is 0 Å². The Bertz CT molecular complexity index is 865. The molecule has 0 aliphatic carbocycles. The van der Waals surface area contributed by atoms with Crippen molar-refractivity contribution in [1.82, 2.24) is 0 Å². The third-order valence-electron chi connectivity index (χ3n) is 7.17. The summed E-state index contributed by atoms with van der Waals surface area (Å²) in [7, 11) is 0. The third kappa shape index (κ3) is 8.49. The first-order valence-electron chi connectivity index (χ1n) is 14.2. The van der Waals surface area contributed by atoms with Crippen LogP contribution in [-0.2, 0) is 10.3 Å². The largest absolute Gasteiger partial charge is 0.357 e. The first-order chi connectivity index (χ1) is 17.8. The van der Waals surface area contributed by atoms with Crippen LogP contribution in [0.3, 0.4) is 0 Å². The number of unbranched alkanes of at least 4 members (excludes halogenated alkanes) is 10. The maximum Gasteiger partial charge on any atom is 0.144 e. The Kier molecular flexibility index (Phi) is 12.6. The zero-order valence-corrected chi connectivity index (χ0v) is 22.5. The smallest absolute Gasteiger partial charge is 0.144 e. The van der Waals surface area contributed by atoms with E-state index in [1.807, 2.05) is 0 Å². The summed E-state index contributed by atoms with van der Waals surface area (Å²) in [6.07, 6.45) is 16.0. The molecule has 0 saturated carbocycles. The third-order valence-corrected chi connectivity index (χ3v) is 7.17. The standard InChI is InChI=1S/C35H46O/c1-3-4-5-6-7-8-9-10-11-12-16-23-31(2)30-36-35(32-24-17-13-18-25-32,33-26-19-14-20-27-33)34-28-21-15-22-29-34/h13-15,17-22,24-29H,2-12,16,23,30H2,1H3. The van der Waals surface area contributed by atoms with Crippen LogP contribution in [0.4, 0.5) is 0 Å². The highest BCUT2D eigenvalue weighted by molar-refractivity contribution is 5.47. The van der Waals surface area contributed by atoms with Crippen LogP contribution < -0.4 is 0 Å². The van der Waals surface area contributed by atoms with Crippen LogP contribution in [0.1, 0.15) is 101 Å². The Balaban J connectivity index is 1.55. The zero-order chi connectivity index (χ0) is 25.3. The molecule has 0 radical (unpaired) electrons. The Morgan fingerprint density at radius 2 is 0.917 bits per heavy atom. The van der Waals surface area contributed by atoms with Gasteiger partial charge in [0, 0.05) is 0 Å². The lowest BCUT2D eigenvalue weighted by Crippen LogP contribution is -2.33. The van der Waals surface area contributed by atoms with Crippen molar-refractivity contribution in [3.05, 3.63) is 120 Å². The molecule has 0 unspecified atom stereocenters. The van der Waals surface area contributed by atoms with Gasteiger partial charge in [-0.25, -0.2) is 0 Å². The van der Waals surface area contributed by atoms with Crippen molar-refractivity contribution in [2.75, 3.05) is 6.61 Å². The lowest BCUT2D eigenvalue weighted by atomic mass is 9.80. The molecular weight excluding hydrogens is 436 g/mol. The predicted octanol–water partition coefficient (Wildman–Crippen LogP) is 10.3. The summed E-state index contributed by atoms with van der Waals surface area (Å²) < 4.78 is 6.90. The number of rotatable bonds is 18. The van der Waals surface area contributed by atoms with Gasteiger partial charge in [0.15, 0.2) is 0 Å². The highest BCUT2D eigenvalue weighted by Crippen LogP contribution is 2.40. The second-order valence-electron chi connectivity index (χ2n) is 10.1. The molecule has 192 valence electrons. The van der Waals surface area contributed by atoms with Gasteiger partial charge in [-0.3, -0.25) is 0 Å². The molecule has 0 bridgehead atoms. The number of ether oxygens (including phenoxy) is 1. The van der Waals surface area contributed by atoms with Crippen molar-refractivity contribution in [1.29, 1.82) is 0 Å². The lowest BCUT2D eigenvalue weighted by Gasteiger charge is -2.36. The minimum absolute atomic E-state index is 0.552. The van der Waals surface area contributed by atoms with Gasteiger partial charge in [0.05, 0.1) is 6.61 Å². The van der Waals surface area contributed by atoms with E-state index in [-0.39, 0.29) is 0 Å². The van der Waals surface area contributed by atoms with Crippen molar-refractivity contribution in [2.24, 2.45) is 0 Å². The fourth-order valence-electron chi connectivity index (χ4n) is 5.09. The molecule has 0 aliphatic heterocycles. The summed E-state index contributed by atoms with van der Waals surface area (Å²) in [4.78, 5) is 0. The van der Waals surface area contributed by atoms with Crippen LogP contribution in [0.2, 0.25) is 0 Å². The van der Waals surface area contributed by atoms with E-state index in [2.05, 4.69) is 104 Å². The van der Waals surface area contributed by atoms with Gasteiger partial charge >= 0.3 is 0 Å². The molecule has 0 fully saturated rings. The van der Waals surface area contributed by atoms with Crippen LogP contribution in [-0.4, -0.2) is 6.61 Å². The molecule has 3 rings (SSSR count). The summed E-state index contributed by atoms with van der Waals surface area (Å²) in [6, 6.07) is 31.8. The van der Waals surface area contributed by atoms with E-state index in [1.165, 1.54) is 76.2 Å². The van der Waals surface area contributed by atoms with Crippen molar-refractivity contribution in [2.45, 2.75) is 89.6 Å². The minimum Gasteiger partial charge on any atom is -0.357 e. The SMILES string of the molecule is C=C(CCCCCCCCCCCCC)COC(c1ccccc1)(c1ccccc1)c1ccccc1. The zero-order valence-electron chi connectivity index (χ0n) is 22.5. The normalized spacial score (nSPS) is 11.5. The monoisotopic (exact) mass is 482 g/mol. The van der Waals surface area contributed by atoms with E-state index in [1.54, 1.807) is 0 Å². The fraction of sp³-hybridized carbons (Fsp3) is 0.429. The van der Waals surface area contributed by atoms with Crippen molar-refractivity contribution in [3.8, 4) is 0 Å². The summed E-state index contributed by atoms with van der Waals surface area (Å²) >= 11 is 0. The van der Waals surface area contributed by atoms with Gasteiger partial charge in [-0.05, 0) is 29.5 Å². The topological polar surface area (TPSA) is 9.23 Å². The molecule has 3 aromatic rings. The highest BCUT2D eigenvalue weighted by atomic mass is 16.5. The van der Waals surface area contributed by atoms with Gasteiger partial charge in [0.2, 0.25) is 0 Å². The van der Waals surface area contributed by atoms with E-state index in [4.69, 9.17) is 4.74 Å². The van der Waals surface area contributed by atoms with E-state index >= 15 is 0 Å². The molecule has 0 atom stereocenters. The van der Waals surface area contributed by atoms with Crippen molar-refractivity contribution >= 4 is 0 Å². The van der Waals surface area contributed by atoms with Crippen LogP contribution in [0, 0.1) is 0 Å². The maximum atomic E-state index is 6.90. The van der Waals surface area contributed by atoms with E-state index < -0.39 is 5.60 Å². The molecule has 0 aliphatic rings. The molecule has 0 saturated heterocycles. The summed E-state index contributed by atoms with van der Waals surface area (Å²) in [6.45, 7) is 7.23. The molecule has 1 heteroatoms.